The quantitative estimate of drug-likeness (QED) is 0.526. The van der Waals surface area contributed by atoms with E-state index in [1.54, 1.807) is 24.3 Å². The molecular formula is C21H17FN2O2. The average molecular weight is 348 g/mol. The van der Waals surface area contributed by atoms with Crippen molar-refractivity contribution in [3.8, 4) is 11.1 Å². The Kier molecular flexibility index (Phi) is 3.93. The van der Waals surface area contributed by atoms with Crippen molar-refractivity contribution in [1.29, 1.82) is 0 Å². The highest BCUT2D eigenvalue weighted by Gasteiger charge is 2.17. The van der Waals surface area contributed by atoms with Crippen molar-refractivity contribution < 1.29 is 14.3 Å². The molecule has 4 aromatic rings. The van der Waals surface area contributed by atoms with Crippen molar-refractivity contribution in [3.63, 3.8) is 0 Å². The Balaban J connectivity index is 2.10. The second-order valence-corrected chi connectivity index (χ2v) is 6.31. The summed E-state index contributed by atoms with van der Waals surface area (Å²) in [6.07, 6.45) is 0.0910. The summed E-state index contributed by atoms with van der Waals surface area (Å²) in [4.78, 5) is 14.8. The molecule has 0 fully saturated rings. The van der Waals surface area contributed by atoms with Crippen LogP contribution in [0.4, 0.5) is 4.39 Å². The van der Waals surface area contributed by atoms with E-state index in [0.29, 0.717) is 5.56 Å². The fraction of sp³-hybridized carbons (Fsp3) is 0.0952. The van der Waals surface area contributed by atoms with Gasteiger partial charge in [-0.1, -0.05) is 42.5 Å². The van der Waals surface area contributed by atoms with E-state index in [9.17, 15) is 14.3 Å². The van der Waals surface area contributed by atoms with E-state index in [1.165, 1.54) is 6.07 Å². The standard InChI is InChI=1S/C21H17FN2O2/c22-17-4-2-1-3-14(17)15-8-6-13(10-19(23)26)21-20(15)16-7-5-12(11-25)9-18(16)24-21/h1-9,24-25H,10-11H2,(H2,23,26). The van der Waals surface area contributed by atoms with E-state index in [-0.39, 0.29) is 18.8 Å². The van der Waals surface area contributed by atoms with Gasteiger partial charge in [0.15, 0.2) is 0 Å². The van der Waals surface area contributed by atoms with Crippen LogP contribution >= 0.6 is 0 Å². The third kappa shape index (κ3) is 2.62. The highest BCUT2D eigenvalue weighted by Crippen LogP contribution is 2.37. The SMILES string of the molecule is NC(=O)Cc1ccc(-c2ccccc2F)c2c1[nH]c1cc(CO)ccc12. The number of carbonyl (C=O) groups excluding carboxylic acids is 1. The normalized spacial score (nSPS) is 11.3. The first kappa shape index (κ1) is 16.3. The lowest BCUT2D eigenvalue weighted by atomic mass is 9.95. The Labute approximate surface area is 149 Å². The Hall–Kier alpha value is -3.18. The molecule has 0 atom stereocenters. The minimum Gasteiger partial charge on any atom is -0.392 e. The van der Waals surface area contributed by atoms with Gasteiger partial charge in [0, 0.05) is 21.9 Å². The van der Waals surface area contributed by atoms with Gasteiger partial charge < -0.3 is 15.8 Å². The molecule has 1 aromatic heterocycles. The number of fused-ring (bicyclic) bond motifs is 3. The number of nitrogens with two attached hydrogens (primary N) is 1. The van der Waals surface area contributed by atoms with Gasteiger partial charge in [0.05, 0.1) is 18.5 Å². The minimum atomic E-state index is -0.431. The first-order chi connectivity index (χ1) is 12.6. The molecule has 1 amide bonds. The van der Waals surface area contributed by atoms with Crippen LogP contribution in [0.15, 0.2) is 54.6 Å². The zero-order chi connectivity index (χ0) is 18.3. The minimum absolute atomic E-state index is 0.0698. The number of halogens is 1. The van der Waals surface area contributed by atoms with Gasteiger partial charge in [0.25, 0.3) is 0 Å². The summed E-state index contributed by atoms with van der Waals surface area (Å²) in [5.74, 6) is -0.738. The molecule has 5 heteroatoms. The van der Waals surface area contributed by atoms with Gasteiger partial charge in [-0.2, -0.15) is 0 Å². The van der Waals surface area contributed by atoms with Crippen LogP contribution in [0.2, 0.25) is 0 Å². The summed E-state index contributed by atoms with van der Waals surface area (Å²) in [5.41, 5.74) is 9.73. The zero-order valence-corrected chi connectivity index (χ0v) is 13.9. The Morgan fingerprint density at radius 1 is 1.08 bits per heavy atom. The molecular weight excluding hydrogens is 331 g/mol. The largest absolute Gasteiger partial charge is 0.392 e. The second kappa shape index (κ2) is 6.28. The third-order valence-electron chi connectivity index (χ3n) is 4.62. The molecule has 26 heavy (non-hydrogen) atoms. The second-order valence-electron chi connectivity index (χ2n) is 6.31. The van der Waals surface area contributed by atoms with E-state index in [0.717, 1.165) is 38.5 Å². The Morgan fingerprint density at radius 3 is 2.62 bits per heavy atom. The van der Waals surface area contributed by atoms with Crippen LogP contribution in [0.1, 0.15) is 11.1 Å². The summed E-state index contributed by atoms with van der Waals surface area (Å²) in [5, 5.41) is 11.1. The van der Waals surface area contributed by atoms with E-state index in [4.69, 9.17) is 5.73 Å². The summed E-state index contributed by atoms with van der Waals surface area (Å²) in [7, 11) is 0. The molecule has 0 aliphatic carbocycles. The van der Waals surface area contributed by atoms with Crippen molar-refractivity contribution in [2.75, 3.05) is 0 Å². The molecule has 0 aliphatic rings. The highest BCUT2D eigenvalue weighted by atomic mass is 19.1. The number of H-pyrrole nitrogens is 1. The molecule has 1 heterocycles. The molecule has 0 spiro atoms. The van der Waals surface area contributed by atoms with E-state index in [2.05, 4.69) is 4.98 Å². The van der Waals surface area contributed by atoms with E-state index in [1.807, 2.05) is 24.3 Å². The Morgan fingerprint density at radius 2 is 1.88 bits per heavy atom. The molecule has 130 valence electrons. The fourth-order valence-electron chi connectivity index (χ4n) is 3.45. The van der Waals surface area contributed by atoms with Crippen molar-refractivity contribution >= 4 is 27.7 Å². The van der Waals surface area contributed by atoms with Gasteiger partial charge >= 0.3 is 0 Å². The van der Waals surface area contributed by atoms with Gasteiger partial charge in [-0.15, -0.1) is 0 Å². The van der Waals surface area contributed by atoms with Crippen LogP contribution < -0.4 is 5.73 Å². The topological polar surface area (TPSA) is 79.1 Å². The highest BCUT2D eigenvalue weighted by molar-refractivity contribution is 6.15. The van der Waals surface area contributed by atoms with Crippen LogP contribution in [-0.2, 0) is 17.8 Å². The van der Waals surface area contributed by atoms with Crippen LogP contribution in [0.3, 0.4) is 0 Å². The third-order valence-corrected chi connectivity index (χ3v) is 4.62. The van der Waals surface area contributed by atoms with E-state index >= 15 is 0 Å². The first-order valence-electron chi connectivity index (χ1n) is 8.28. The molecule has 0 aliphatic heterocycles. The number of carbonyl (C=O) groups is 1. The number of aliphatic hydroxyl groups excluding tert-OH is 1. The monoisotopic (exact) mass is 348 g/mol. The number of aliphatic hydroxyl groups is 1. The Bertz CT molecular complexity index is 1150. The molecule has 4 rings (SSSR count). The van der Waals surface area contributed by atoms with Crippen LogP contribution in [0.25, 0.3) is 32.9 Å². The molecule has 0 bridgehead atoms. The maximum absolute atomic E-state index is 14.4. The van der Waals surface area contributed by atoms with Crippen molar-refractivity contribution in [2.24, 2.45) is 5.73 Å². The molecule has 0 saturated carbocycles. The number of hydrogen-bond acceptors (Lipinski definition) is 2. The van der Waals surface area contributed by atoms with Crippen molar-refractivity contribution in [1.82, 2.24) is 4.98 Å². The van der Waals surface area contributed by atoms with Crippen molar-refractivity contribution in [2.45, 2.75) is 13.0 Å². The number of hydrogen-bond donors (Lipinski definition) is 3. The predicted molar refractivity (Wildman–Crippen MR) is 100 cm³/mol. The maximum atomic E-state index is 14.4. The summed E-state index contributed by atoms with van der Waals surface area (Å²) >= 11 is 0. The molecule has 0 unspecified atom stereocenters. The van der Waals surface area contributed by atoms with Crippen LogP contribution in [0.5, 0.6) is 0 Å². The number of rotatable bonds is 4. The number of nitrogens with one attached hydrogen (secondary N) is 1. The van der Waals surface area contributed by atoms with Gasteiger partial charge in [0.1, 0.15) is 5.82 Å². The number of aromatic amines is 1. The summed E-state index contributed by atoms with van der Waals surface area (Å²) < 4.78 is 14.4. The van der Waals surface area contributed by atoms with E-state index < -0.39 is 5.91 Å². The number of aromatic nitrogens is 1. The molecule has 0 radical (unpaired) electrons. The van der Waals surface area contributed by atoms with Gasteiger partial charge in [-0.3, -0.25) is 4.79 Å². The lowest BCUT2D eigenvalue weighted by molar-refractivity contribution is -0.117. The maximum Gasteiger partial charge on any atom is 0.221 e. The fourth-order valence-corrected chi connectivity index (χ4v) is 3.45. The van der Waals surface area contributed by atoms with Gasteiger partial charge in [0.2, 0.25) is 5.91 Å². The number of benzene rings is 3. The summed E-state index contributed by atoms with van der Waals surface area (Å²) in [6, 6.07) is 15.8. The lowest BCUT2D eigenvalue weighted by Crippen LogP contribution is -2.13. The molecule has 4 nitrogen and oxygen atoms in total. The van der Waals surface area contributed by atoms with Gasteiger partial charge in [-0.05, 0) is 28.8 Å². The number of amides is 1. The molecule has 3 aromatic carbocycles. The van der Waals surface area contributed by atoms with Crippen molar-refractivity contribution in [3.05, 3.63) is 71.5 Å². The average Bonchev–Trinajstić information content (AvgIpc) is 3.01. The van der Waals surface area contributed by atoms with Gasteiger partial charge in [-0.25, -0.2) is 4.39 Å². The zero-order valence-electron chi connectivity index (χ0n) is 13.9. The van der Waals surface area contributed by atoms with Crippen LogP contribution in [-0.4, -0.2) is 16.0 Å². The first-order valence-corrected chi connectivity index (χ1v) is 8.28. The lowest BCUT2D eigenvalue weighted by Gasteiger charge is -2.09. The molecule has 4 N–H and O–H groups in total. The predicted octanol–water partition coefficient (Wildman–Crippen LogP) is 3.65. The number of primary amides is 1. The summed E-state index contributed by atoms with van der Waals surface area (Å²) in [6.45, 7) is -0.0698. The molecule has 0 saturated heterocycles. The smallest absolute Gasteiger partial charge is 0.221 e. The van der Waals surface area contributed by atoms with Crippen LogP contribution in [0, 0.1) is 5.82 Å².